The van der Waals surface area contributed by atoms with Gasteiger partial charge in [-0.05, 0) is 28.7 Å². The molecule has 4 rings (SSSR count). The number of aliphatic carboxylic acids is 1. The Hall–Kier alpha value is -4.14. The van der Waals surface area contributed by atoms with Crippen LogP contribution < -0.4 is 10.6 Å². The fourth-order valence-electron chi connectivity index (χ4n) is 4.25. The molecule has 34 heavy (non-hydrogen) atoms. The number of aryl methyl sites for hydroxylation is 1. The predicted molar refractivity (Wildman–Crippen MR) is 126 cm³/mol. The molecular formula is C25H26N4O5. The zero-order chi connectivity index (χ0) is 24.2. The molecule has 1 aliphatic rings. The number of benzene rings is 2. The van der Waals surface area contributed by atoms with Crippen LogP contribution in [0.15, 0.2) is 54.7 Å². The van der Waals surface area contributed by atoms with Crippen LogP contribution >= 0.6 is 0 Å². The SMILES string of the molecule is CCC(CC(=O)O)NC(=O)c1cn(C)nc1NC(=O)OCC1c2ccccc2-c2ccccc21. The van der Waals surface area contributed by atoms with E-state index in [-0.39, 0.29) is 30.3 Å². The Labute approximate surface area is 196 Å². The number of carboxylic acid groups (broad SMARTS) is 1. The molecule has 1 aliphatic carbocycles. The molecule has 176 valence electrons. The van der Waals surface area contributed by atoms with Crippen molar-refractivity contribution in [2.75, 3.05) is 11.9 Å². The lowest BCUT2D eigenvalue weighted by atomic mass is 9.98. The van der Waals surface area contributed by atoms with Crippen LogP contribution in [0.4, 0.5) is 10.6 Å². The molecule has 9 nitrogen and oxygen atoms in total. The molecule has 1 unspecified atom stereocenters. The number of carboxylic acids is 1. The normalized spacial score (nSPS) is 13.0. The summed E-state index contributed by atoms with van der Waals surface area (Å²) in [5.74, 6) is -1.57. The highest BCUT2D eigenvalue weighted by Gasteiger charge is 2.29. The summed E-state index contributed by atoms with van der Waals surface area (Å²) < 4.78 is 6.93. The third-order valence-corrected chi connectivity index (χ3v) is 5.89. The number of hydrogen-bond acceptors (Lipinski definition) is 5. The van der Waals surface area contributed by atoms with Crippen molar-refractivity contribution in [3.63, 3.8) is 0 Å². The summed E-state index contributed by atoms with van der Waals surface area (Å²) in [6, 6.07) is 15.5. The maximum absolute atomic E-state index is 12.7. The highest BCUT2D eigenvalue weighted by Crippen LogP contribution is 2.44. The molecule has 3 N–H and O–H groups in total. The fourth-order valence-corrected chi connectivity index (χ4v) is 4.25. The highest BCUT2D eigenvalue weighted by atomic mass is 16.5. The second-order valence-electron chi connectivity index (χ2n) is 8.19. The van der Waals surface area contributed by atoms with Gasteiger partial charge in [-0.15, -0.1) is 0 Å². The Kier molecular flexibility index (Phi) is 6.62. The molecule has 1 aromatic heterocycles. The first-order valence-electron chi connectivity index (χ1n) is 11.1. The number of amides is 2. The lowest BCUT2D eigenvalue weighted by Gasteiger charge is -2.15. The molecule has 9 heteroatoms. The first-order chi connectivity index (χ1) is 16.4. The van der Waals surface area contributed by atoms with Gasteiger partial charge in [-0.3, -0.25) is 19.6 Å². The van der Waals surface area contributed by atoms with Crippen molar-refractivity contribution in [3.8, 4) is 11.1 Å². The van der Waals surface area contributed by atoms with Crippen molar-refractivity contribution >= 4 is 23.8 Å². The van der Waals surface area contributed by atoms with Crippen LogP contribution in [0.25, 0.3) is 11.1 Å². The van der Waals surface area contributed by atoms with Crippen LogP contribution in [0.3, 0.4) is 0 Å². The maximum Gasteiger partial charge on any atom is 0.412 e. The van der Waals surface area contributed by atoms with Crippen molar-refractivity contribution in [2.45, 2.75) is 31.7 Å². The van der Waals surface area contributed by atoms with E-state index < -0.39 is 24.0 Å². The monoisotopic (exact) mass is 462 g/mol. The summed E-state index contributed by atoms with van der Waals surface area (Å²) in [5.41, 5.74) is 4.57. The Bertz CT molecular complexity index is 1190. The van der Waals surface area contributed by atoms with Gasteiger partial charge in [-0.2, -0.15) is 5.10 Å². The molecule has 0 radical (unpaired) electrons. The second kappa shape index (κ2) is 9.78. The van der Waals surface area contributed by atoms with Crippen LogP contribution in [0.5, 0.6) is 0 Å². The number of fused-ring (bicyclic) bond motifs is 3. The minimum Gasteiger partial charge on any atom is -0.481 e. The van der Waals surface area contributed by atoms with Gasteiger partial charge in [0.05, 0.1) is 6.42 Å². The summed E-state index contributed by atoms with van der Waals surface area (Å²) in [6.07, 6.45) is 0.986. The van der Waals surface area contributed by atoms with E-state index in [9.17, 15) is 14.4 Å². The van der Waals surface area contributed by atoms with Crippen molar-refractivity contribution in [2.24, 2.45) is 7.05 Å². The molecule has 2 aromatic carbocycles. The average molecular weight is 463 g/mol. The van der Waals surface area contributed by atoms with E-state index in [1.165, 1.54) is 10.9 Å². The molecule has 3 aromatic rings. The number of carbonyl (C=O) groups excluding carboxylic acids is 2. The van der Waals surface area contributed by atoms with E-state index in [2.05, 4.69) is 27.9 Å². The summed E-state index contributed by atoms with van der Waals surface area (Å²) in [4.78, 5) is 36.3. The molecule has 2 amide bonds. The minimum absolute atomic E-state index is 0.0439. The van der Waals surface area contributed by atoms with E-state index in [4.69, 9.17) is 9.84 Å². The van der Waals surface area contributed by atoms with Gasteiger partial charge in [0.25, 0.3) is 5.91 Å². The molecular weight excluding hydrogens is 436 g/mol. The Balaban J connectivity index is 1.44. The Morgan fingerprint density at radius 3 is 2.29 bits per heavy atom. The number of rotatable bonds is 8. The fraction of sp³-hybridized carbons (Fsp3) is 0.280. The summed E-state index contributed by atoms with van der Waals surface area (Å²) in [6.45, 7) is 1.91. The molecule has 0 saturated carbocycles. The van der Waals surface area contributed by atoms with Crippen LogP contribution in [0.1, 0.15) is 47.2 Å². The number of nitrogens with one attached hydrogen (secondary N) is 2. The van der Waals surface area contributed by atoms with Crippen LogP contribution in [-0.4, -0.2) is 45.5 Å². The van der Waals surface area contributed by atoms with Crippen molar-refractivity contribution < 1.29 is 24.2 Å². The first-order valence-corrected chi connectivity index (χ1v) is 11.1. The molecule has 1 heterocycles. The second-order valence-corrected chi connectivity index (χ2v) is 8.19. The van der Waals surface area contributed by atoms with Gasteiger partial charge >= 0.3 is 12.1 Å². The molecule has 0 saturated heterocycles. The Morgan fingerprint density at radius 1 is 1.09 bits per heavy atom. The molecule has 1 atom stereocenters. The Morgan fingerprint density at radius 2 is 1.71 bits per heavy atom. The molecule has 0 aliphatic heterocycles. The topological polar surface area (TPSA) is 123 Å². The van der Waals surface area contributed by atoms with E-state index in [0.29, 0.717) is 6.42 Å². The summed E-state index contributed by atoms with van der Waals surface area (Å²) in [7, 11) is 1.62. The number of carbonyl (C=O) groups is 3. The van der Waals surface area contributed by atoms with Gasteiger partial charge in [0, 0.05) is 25.2 Å². The van der Waals surface area contributed by atoms with E-state index in [1.807, 2.05) is 36.4 Å². The zero-order valence-electron chi connectivity index (χ0n) is 18.9. The van der Waals surface area contributed by atoms with Crippen LogP contribution in [0.2, 0.25) is 0 Å². The standard InChI is InChI=1S/C25H26N4O5/c1-3-15(12-22(30)31)26-24(32)20-13-29(2)28-23(20)27-25(33)34-14-21-18-10-6-4-8-16(18)17-9-5-7-11-19(17)21/h4-11,13,15,21H,3,12,14H2,1-2H3,(H,26,32)(H,30,31)(H,27,28,33). The largest absolute Gasteiger partial charge is 0.481 e. The van der Waals surface area contributed by atoms with Crippen molar-refractivity contribution in [1.82, 2.24) is 15.1 Å². The zero-order valence-corrected chi connectivity index (χ0v) is 18.9. The summed E-state index contributed by atoms with van der Waals surface area (Å²) in [5, 5.41) is 18.4. The van der Waals surface area contributed by atoms with Crippen molar-refractivity contribution in [1.29, 1.82) is 0 Å². The number of aromatic nitrogens is 2. The third kappa shape index (κ3) is 4.78. The van der Waals surface area contributed by atoms with Gasteiger partial charge in [0.15, 0.2) is 5.82 Å². The van der Waals surface area contributed by atoms with Gasteiger partial charge in [-0.25, -0.2) is 4.79 Å². The maximum atomic E-state index is 12.7. The smallest absolute Gasteiger partial charge is 0.412 e. The number of ether oxygens (including phenoxy) is 1. The van der Waals surface area contributed by atoms with Crippen molar-refractivity contribution in [3.05, 3.63) is 71.4 Å². The van der Waals surface area contributed by atoms with Gasteiger partial charge in [0.1, 0.15) is 12.2 Å². The quantitative estimate of drug-likeness (QED) is 0.468. The predicted octanol–water partition coefficient (Wildman–Crippen LogP) is 3.76. The van der Waals surface area contributed by atoms with Gasteiger partial charge in [0.2, 0.25) is 0 Å². The van der Waals surface area contributed by atoms with Gasteiger partial charge in [-0.1, -0.05) is 55.5 Å². The lowest BCUT2D eigenvalue weighted by Crippen LogP contribution is -2.36. The molecule has 0 spiro atoms. The number of anilines is 1. The highest BCUT2D eigenvalue weighted by molar-refractivity contribution is 6.01. The van der Waals surface area contributed by atoms with E-state index in [0.717, 1.165) is 22.3 Å². The van der Waals surface area contributed by atoms with E-state index >= 15 is 0 Å². The number of nitrogens with zero attached hydrogens (tertiary/aromatic N) is 2. The lowest BCUT2D eigenvalue weighted by molar-refractivity contribution is -0.137. The van der Waals surface area contributed by atoms with Crippen LogP contribution in [0, 0.1) is 0 Å². The van der Waals surface area contributed by atoms with E-state index in [1.54, 1.807) is 14.0 Å². The number of hydrogen-bond donors (Lipinski definition) is 3. The molecule has 0 fully saturated rings. The average Bonchev–Trinajstić information content (AvgIpc) is 3.34. The molecule has 0 bridgehead atoms. The van der Waals surface area contributed by atoms with Crippen LogP contribution in [-0.2, 0) is 16.6 Å². The minimum atomic E-state index is -1.00. The third-order valence-electron chi connectivity index (χ3n) is 5.89. The first kappa shape index (κ1) is 23.0. The van der Waals surface area contributed by atoms with Gasteiger partial charge < -0.3 is 15.2 Å². The summed E-state index contributed by atoms with van der Waals surface area (Å²) >= 11 is 0.